The highest BCUT2D eigenvalue weighted by atomic mass is 16.5. The number of anilines is 1. The van der Waals surface area contributed by atoms with Crippen molar-refractivity contribution in [3.8, 4) is 11.4 Å². The number of nitrogens with one attached hydrogen (secondary N) is 1. The van der Waals surface area contributed by atoms with Crippen LogP contribution < -0.4 is 10.1 Å². The lowest BCUT2D eigenvalue weighted by Gasteiger charge is -2.08. The largest absolute Gasteiger partial charge is 0.493 e. The fourth-order valence-corrected chi connectivity index (χ4v) is 2.51. The fourth-order valence-electron chi connectivity index (χ4n) is 2.51. The molecule has 3 aromatic rings. The van der Waals surface area contributed by atoms with E-state index in [0.717, 1.165) is 22.5 Å². The van der Waals surface area contributed by atoms with Crippen LogP contribution in [0.2, 0.25) is 0 Å². The topological polar surface area (TPSA) is 56.2 Å². The van der Waals surface area contributed by atoms with Crippen molar-refractivity contribution in [3.63, 3.8) is 0 Å². The molecule has 5 heteroatoms. The van der Waals surface area contributed by atoms with Crippen LogP contribution in [0.25, 0.3) is 5.69 Å². The third-order valence-electron chi connectivity index (χ3n) is 3.77. The number of hydrogen-bond acceptors (Lipinski definition) is 3. The van der Waals surface area contributed by atoms with Crippen molar-refractivity contribution >= 4 is 11.6 Å². The van der Waals surface area contributed by atoms with Gasteiger partial charge in [-0.25, -0.2) is 4.68 Å². The van der Waals surface area contributed by atoms with E-state index in [2.05, 4.69) is 10.4 Å². The summed E-state index contributed by atoms with van der Waals surface area (Å²) in [6, 6.07) is 15.5. The van der Waals surface area contributed by atoms with Gasteiger partial charge in [-0.2, -0.15) is 5.10 Å². The number of rotatable bonds is 4. The molecule has 24 heavy (non-hydrogen) atoms. The molecule has 0 fully saturated rings. The van der Waals surface area contributed by atoms with Crippen molar-refractivity contribution in [3.05, 3.63) is 71.5 Å². The predicted octanol–water partition coefficient (Wildman–Crippen LogP) is 3.75. The summed E-state index contributed by atoms with van der Waals surface area (Å²) in [6.45, 7) is 3.98. The average Bonchev–Trinajstić information content (AvgIpc) is 3.02. The van der Waals surface area contributed by atoms with Crippen molar-refractivity contribution in [1.82, 2.24) is 9.78 Å². The van der Waals surface area contributed by atoms with Gasteiger partial charge in [0.05, 0.1) is 19.0 Å². The van der Waals surface area contributed by atoms with Gasteiger partial charge in [0.1, 0.15) is 0 Å². The van der Waals surface area contributed by atoms with Gasteiger partial charge in [0.2, 0.25) is 0 Å². The lowest BCUT2D eigenvalue weighted by molar-refractivity contribution is 0.101. The number of aryl methyl sites for hydroxylation is 2. The fraction of sp³-hybridized carbons (Fsp3) is 0.158. The molecule has 0 saturated heterocycles. The second-order valence-corrected chi connectivity index (χ2v) is 5.60. The molecular formula is C19H19N3O2. The zero-order chi connectivity index (χ0) is 17.1. The average molecular weight is 321 g/mol. The molecule has 1 amide bonds. The molecule has 0 aliphatic carbocycles. The molecule has 2 aromatic carbocycles. The summed E-state index contributed by atoms with van der Waals surface area (Å²) in [5.74, 6) is 0.134. The highest BCUT2D eigenvalue weighted by molar-refractivity contribution is 6.05. The van der Waals surface area contributed by atoms with E-state index in [9.17, 15) is 4.79 Å². The van der Waals surface area contributed by atoms with E-state index in [1.165, 1.54) is 7.11 Å². The molecule has 0 aliphatic rings. The van der Waals surface area contributed by atoms with Crippen LogP contribution in [0.4, 0.5) is 5.69 Å². The number of benzene rings is 2. The van der Waals surface area contributed by atoms with Gasteiger partial charge in [-0.05, 0) is 37.6 Å². The van der Waals surface area contributed by atoms with E-state index >= 15 is 0 Å². The number of hydrogen-bond donors (Lipinski definition) is 1. The van der Waals surface area contributed by atoms with Gasteiger partial charge in [0, 0.05) is 5.69 Å². The molecule has 0 unspecified atom stereocenters. The normalized spacial score (nSPS) is 10.5. The van der Waals surface area contributed by atoms with Gasteiger partial charge in [0.15, 0.2) is 11.4 Å². The number of amides is 1. The van der Waals surface area contributed by atoms with Crippen molar-refractivity contribution in [2.75, 3.05) is 12.4 Å². The van der Waals surface area contributed by atoms with Crippen molar-refractivity contribution in [1.29, 1.82) is 0 Å². The lowest BCUT2D eigenvalue weighted by Crippen LogP contribution is -2.15. The first kappa shape index (κ1) is 15.8. The number of carbonyl (C=O) groups excluding carboxylic acids is 1. The van der Waals surface area contributed by atoms with Crippen LogP contribution in [-0.4, -0.2) is 22.8 Å². The van der Waals surface area contributed by atoms with Crippen LogP contribution in [0.3, 0.4) is 0 Å². The van der Waals surface area contributed by atoms with Gasteiger partial charge < -0.3 is 10.1 Å². The first-order chi connectivity index (χ1) is 11.6. The van der Waals surface area contributed by atoms with Crippen LogP contribution in [0.1, 0.15) is 21.6 Å². The minimum Gasteiger partial charge on any atom is -0.493 e. The minimum atomic E-state index is -0.298. The Hall–Kier alpha value is -3.08. The smallest absolute Gasteiger partial charge is 0.280 e. The van der Waals surface area contributed by atoms with Crippen LogP contribution in [0.15, 0.2) is 54.7 Å². The van der Waals surface area contributed by atoms with Crippen molar-refractivity contribution < 1.29 is 9.53 Å². The maximum atomic E-state index is 12.6. The summed E-state index contributed by atoms with van der Waals surface area (Å²) in [4.78, 5) is 12.6. The number of aromatic nitrogens is 2. The third-order valence-corrected chi connectivity index (χ3v) is 3.77. The molecule has 122 valence electrons. The van der Waals surface area contributed by atoms with E-state index in [4.69, 9.17) is 4.74 Å². The van der Waals surface area contributed by atoms with Gasteiger partial charge in [0.25, 0.3) is 5.91 Å². The number of nitrogens with zero attached hydrogens (tertiary/aromatic N) is 2. The maximum absolute atomic E-state index is 12.6. The molecule has 3 rings (SSSR count). The van der Waals surface area contributed by atoms with Crippen LogP contribution in [-0.2, 0) is 0 Å². The van der Waals surface area contributed by atoms with Gasteiger partial charge >= 0.3 is 0 Å². The molecule has 5 nitrogen and oxygen atoms in total. The Bertz CT molecular complexity index is 870. The Kier molecular flexibility index (Phi) is 4.33. The lowest BCUT2D eigenvalue weighted by atomic mass is 10.1. The molecule has 0 atom stereocenters. The SMILES string of the molecule is COc1cn(-c2ccccc2)nc1C(=O)Nc1ccc(C)cc1C. The molecule has 0 radical (unpaired) electrons. The Morgan fingerprint density at radius 3 is 2.54 bits per heavy atom. The molecule has 0 bridgehead atoms. The highest BCUT2D eigenvalue weighted by Gasteiger charge is 2.19. The molecule has 0 aliphatic heterocycles. The third kappa shape index (κ3) is 3.15. The number of carbonyl (C=O) groups is 1. The first-order valence-corrected chi connectivity index (χ1v) is 7.66. The van der Waals surface area contributed by atoms with Gasteiger partial charge in [-0.15, -0.1) is 0 Å². The molecule has 0 spiro atoms. The summed E-state index contributed by atoms with van der Waals surface area (Å²) in [6.07, 6.45) is 1.70. The maximum Gasteiger partial charge on any atom is 0.280 e. The van der Waals surface area contributed by atoms with Crippen molar-refractivity contribution in [2.24, 2.45) is 0 Å². The van der Waals surface area contributed by atoms with Crippen LogP contribution >= 0.6 is 0 Å². The highest BCUT2D eigenvalue weighted by Crippen LogP contribution is 2.22. The van der Waals surface area contributed by atoms with Crippen molar-refractivity contribution in [2.45, 2.75) is 13.8 Å². The number of methoxy groups -OCH3 is 1. The molecule has 1 heterocycles. The summed E-state index contributed by atoms with van der Waals surface area (Å²) in [7, 11) is 1.53. The Morgan fingerprint density at radius 1 is 1.12 bits per heavy atom. The standard InChI is InChI=1S/C19H19N3O2/c1-13-9-10-16(14(2)11-13)20-19(23)18-17(24-3)12-22(21-18)15-7-5-4-6-8-15/h4-12H,1-3H3,(H,20,23). The zero-order valence-electron chi connectivity index (χ0n) is 13.9. The molecular weight excluding hydrogens is 302 g/mol. The quantitative estimate of drug-likeness (QED) is 0.796. The predicted molar refractivity (Wildman–Crippen MR) is 94.0 cm³/mol. The second-order valence-electron chi connectivity index (χ2n) is 5.60. The summed E-state index contributed by atoms with van der Waals surface area (Å²) < 4.78 is 6.95. The van der Waals surface area contributed by atoms with E-state index in [-0.39, 0.29) is 11.6 Å². The first-order valence-electron chi connectivity index (χ1n) is 7.66. The van der Waals surface area contributed by atoms with E-state index in [1.807, 2.05) is 62.4 Å². The zero-order valence-corrected chi connectivity index (χ0v) is 13.9. The Labute approximate surface area is 140 Å². The molecule has 1 aromatic heterocycles. The van der Waals surface area contributed by atoms with E-state index in [0.29, 0.717) is 5.75 Å². The van der Waals surface area contributed by atoms with Gasteiger partial charge in [-0.1, -0.05) is 35.9 Å². The summed E-state index contributed by atoms with van der Waals surface area (Å²) >= 11 is 0. The minimum absolute atomic E-state index is 0.251. The molecule has 0 saturated carbocycles. The Morgan fingerprint density at radius 2 is 1.88 bits per heavy atom. The van der Waals surface area contributed by atoms with Gasteiger partial charge in [-0.3, -0.25) is 4.79 Å². The summed E-state index contributed by atoms with van der Waals surface area (Å²) in [5, 5.41) is 7.27. The van der Waals surface area contributed by atoms with E-state index in [1.54, 1.807) is 10.9 Å². The summed E-state index contributed by atoms with van der Waals surface area (Å²) in [5.41, 5.74) is 4.03. The van der Waals surface area contributed by atoms with Crippen LogP contribution in [0.5, 0.6) is 5.75 Å². The number of ether oxygens (including phenoxy) is 1. The van der Waals surface area contributed by atoms with E-state index < -0.39 is 0 Å². The Balaban J connectivity index is 1.90. The molecule has 1 N–H and O–H groups in total. The second kappa shape index (κ2) is 6.58. The van der Waals surface area contributed by atoms with Crippen LogP contribution in [0, 0.1) is 13.8 Å². The monoisotopic (exact) mass is 321 g/mol. The number of para-hydroxylation sites is 1.